The second-order valence-electron chi connectivity index (χ2n) is 7.82. The number of hydrogen-bond acceptors (Lipinski definition) is 5. The lowest BCUT2D eigenvalue weighted by atomic mass is 9.98. The molecule has 6 nitrogen and oxygen atoms in total. The van der Waals surface area contributed by atoms with Crippen LogP contribution >= 0.6 is 0 Å². The maximum Gasteiger partial charge on any atom is 0.237 e. The summed E-state index contributed by atoms with van der Waals surface area (Å²) in [7, 11) is 5.23. The van der Waals surface area contributed by atoms with Gasteiger partial charge in [0.05, 0.1) is 26.8 Å². The number of nitrogens with zero attached hydrogens (tertiary/aromatic N) is 2. The zero-order valence-corrected chi connectivity index (χ0v) is 18.0. The Hall–Kier alpha value is -2.99. The lowest BCUT2D eigenvalue weighted by molar-refractivity contribution is -0.133. The Bertz CT molecular complexity index is 1030. The van der Waals surface area contributed by atoms with Gasteiger partial charge in [-0.1, -0.05) is 18.2 Å². The van der Waals surface area contributed by atoms with Crippen molar-refractivity contribution in [2.75, 3.05) is 34.4 Å². The van der Waals surface area contributed by atoms with Gasteiger partial charge < -0.3 is 18.8 Å². The summed E-state index contributed by atoms with van der Waals surface area (Å²) in [6, 6.07) is 14.0. The number of ether oxygens (including phenoxy) is 2. The summed E-state index contributed by atoms with van der Waals surface area (Å²) < 4.78 is 16.8. The fourth-order valence-corrected chi connectivity index (χ4v) is 3.97. The minimum atomic E-state index is 0.00258. The summed E-state index contributed by atoms with van der Waals surface area (Å²) in [6.45, 7) is 3.68. The van der Waals surface area contributed by atoms with Crippen LogP contribution < -0.4 is 9.47 Å². The lowest BCUT2D eigenvalue weighted by Crippen LogP contribution is -2.42. The van der Waals surface area contributed by atoms with Crippen molar-refractivity contribution in [1.29, 1.82) is 0 Å². The smallest absolute Gasteiger partial charge is 0.237 e. The molecular weight excluding hydrogens is 380 g/mol. The minimum Gasteiger partial charge on any atom is -0.493 e. The van der Waals surface area contributed by atoms with Crippen molar-refractivity contribution in [2.45, 2.75) is 25.9 Å². The topological polar surface area (TPSA) is 55.2 Å². The standard InChI is InChI=1S/C24H28N2O4/c1-16(21-12-18-7-5-6-8-20(18)30-21)25(2)15-24(27)26-10-9-17-11-22(28-3)23(29-4)13-19(17)14-26/h5-8,11-13,16H,9-10,14-15H2,1-4H3/t16-/m1/s1. The van der Waals surface area contributed by atoms with E-state index in [2.05, 4.69) is 13.0 Å². The van der Waals surface area contributed by atoms with Crippen LogP contribution in [0, 0.1) is 0 Å². The Labute approximate surface area is 177 Å². The van der Waals surface area contributed by atoms with Gasteiger partial charge in [-0.05, 0) is 55.8 Å². The Kier molecular flexibility index (Phi) is 5.68. The zero-order chi connectivity index (χ0) is 21.3. The second kappa shape index (κ2) is 8.40. The molecule has 1 aliphatic rings. The normalized spacial score (nSPS) is 14.6. The Morgan fingerprint density at radius 2 is 1.83 bits per heavy atom. The molecule has 0 fully saturated rings. The molecule has 1 atom stereocenters. The first kappa shape index (κ1) is 20.3. The zero-order valence-electron chi connectivity index (χ0n) is 18.0. The Morgan fingerprint density at radius 1 is 1.13 bits per heavy atom. The molecule has 158 valence electrons. The maximum atomic E-state index is 13.0. The molecule has 2 aromatic carbocycles. The van der Waals surface area contributed by atoms with Crippen LogP contribution in [-0.4, -0.2) is 50.1 Å². The van der Waals surface area contributed by atoms with Gasteiger partial charge in [-0.25, -0.2) is 0 Å². The molecule has 0 spiro atoms. The van der Waals surface area contributed by atoms with Gasteiger partial charge >= 0.3 is 0 Å². The van der Waals surface area contributed by atoms with E-state index in [1.807, 2.05) is 53.2 Å². The van der Waals surface area contributed by atoms with E-state index in [1.54, 1.807) is 14.2 Å². The predicted octanol–water partition coefficient (Wildman–Crippen LogP) is 4.03. The number of para-hydroxylation sites is 1. The van der Waals surface area contributed by atoms with E-state index in [-0.39, 0.29) is 11.9 Å². The molecule has 0 bridgehead atoms. The van der Waals surface area contributed by atoms with Crippen molar-refractivity contribution in [2.24, 2.45) is 0 Å². The summed E-state index contributed by atoms with van der Waals surface area (Å²) in [4.78, 5) is 16.9. The second-order valence-corrected chi connectivity index (χ2v) is 7.82. The van der Waals surface area contributed by atoms with Crippen LogP contribution in [-0.2, 0) is 17.8 Å². The molecule has 0 saturated heterocycles. The Morgan fingerprint density at radius 3 is 2.53 bits per heavy atom. The van der Waals surface area contributed by atoms with Crippen molar-refractivity contribution in [3.8, 4) is 11.5 Å². The highest BCUT2D eigenvalue weighted by atomic mass is 16.5. The fraction of sp³-hybridized carbons (Fsp3) is 0.375. The number of furan rings is 1. The molecular formula is C24H28N2O4. The number of benzene rings is 2. The van der Waals surface area contributed by atoms with Crippen molar-refractivity contribution < 1.29 is 18.7 Å². The number of hydrogen-bond donors (Lipinski definition) is 0. The summed E-state index contributed by atoms with van der Waals surface area (Å²) in [5.74, 6) is 2.41. The highest BCUT2D eigenvalue weighted by molar-refractivity contribution is 5.79. The molecule has 0 saturated carbocycles. The number of carbonyl (C=O) groups is 1. The van der Waals surface area contributed by atoms with E-state index < -0.39 is 0 Å². The number of carbonyl (C=O) groups excluding carboxylic acids is 1. The summed E-state index contributed by atoms with van der Waals surface area (Å²) >= 11 is 0. The molecule has 1 aliphatic heterocycles. The van der Waals surface area contributed by atoms with Crippen LogP contribution in [0.1, 0.15) is 29.9 Å². The number of amides is 1. The maximum absolute atomic E-state index is 13.0. The molecule has 1 amide bonds. The van der Waals surface area contributed by atoms with Crippen LogP contribution in [0.4, 0.5) is 0 Å². The van der Waals surface area contributed by atoms with Gasteiger partial charge in [0.1, 0.15) is 11.3 Å². The predicted molar refractivity (Wildman–Crippen MR) is 116 cm³/mol. The molecule has 6 heteroatoms. The van der Waals surface area contributed by atoms with Gasteiger partial charge in [0.15, 0.2) is 11.5 Å². The molecule has 0 N–H and O–H groups in total. The van der Waals surface area contributed by atoms with Gasteiger partial charge in [0.25, 0.3) is 0 Å². The van der Waals surface area contributed by atoms with Crippen LogP contribution in [0.5, 0.6) is 11.5 Å². The third kappa shape index (κ3) is 3.87. The van der Waals surface area contributed by atoms with Gasteiger partial charge in [0, 0.05) is 18.5 Å². The number of methoxy groups -OCH3 is 2. The summed E-state index contributed by atoms with van der Waals surface area (Å²) in [6.07, 6.45) is 0.810. The molecule has 1 aromatic heterocycles. The molecule has 3 aromatic rings. The molecule has 0 aliphatic carbocycles. The monoisotopic (exact) mass is 408 g/mol. The van der Waals surface area contributed by atoms with Crippen LogP contribution in [0.2, 0.25) is 0 Å². The summed E-state index contributed by atoms with van der Waals surface area (Å²) in [5.41, 5.74) is 3.19. The van der Waals surface area contributed by atoms with Crippen molar-refractivity contribution >= 4 is 16.9 Å². The first-order valence-electron chi connectivity index (χ1n) is 10.2. The Balaban J connectivity index is 1.43. The van der Waals surface area contributed by atoms with Gasteiger partial charge in [-0.3, -0.25) is 9.69 Å². The molecule has 30 heavy (non-hydrogen) atoms. The lowest BCUT2D eigenvalue weighted by Gasteiger charge is -2.32. The fourth-order valence-electron chi connectivity index (χ4n) is 3.97. The number of likely N-dealkylation sites (N-methyl/N-ethyl adjacent to an activating group) is 1. The minimum absolute atomic E-state index is 0.00258. The quantitative estimate of drug-likeness (QED) is 0.616. The summed E-state index contributed by atoms with van der Waals surface area (Å²) in [5, 5.41) is 1.08. The third-order valence-electron chi connectivity index (χ3n) is 5.97. The highest BCUT2D eigenvalue weighted by Gasteiger charge is 2.25. The average molecular weight is 408 g/mol. The largest absolute Gasteiger partial charge is 0.493 e. The van der Waals surface area contributed by atoms with Crippen LogP contribution in [0.3, 0.4) is 0 Å². The molecule has 0 radical (unpaired) electrons. The van der Waals surface area contributed by atoms with E-state index in [4.69, 9.17) is 13.9 Å². The van der Waals surface area contributed by atoms with E-state index in [0.717, 1.165) is 34.5 Å². The third-order valence-corrected chi connectivity index (χ3v) is 5.97. The molecule has 0 unspecified atom stereocenters. The van der Waals surface area contributed by atoms with Crippen LogP contribution in [0.15, 0.2) is 46.9 Å². The van der Waals surface area contributed by atoms with Crippen molar-refractivity contribution in [1.82, 2.24) is 9.80 Å². The number of rotatable bonds is 6. The first-order valence-corrected chi connectivity index (χ1v) is 10.2. The molecule has 4 rings (SSSR count). The van der Waals surface area contributed by atoms with Gasteiger partial charge in [-0.15, -0.1) is 0 Å². The van der Waals surface area contributed by atoms with Gasteiger partial charge in [-0.2, -0.15) is 0 Å². The molecule has 2 heterocycles. The van der Waals surface area contributed by atoms with Gasteiger partial charge in [0.2, 0.25) is 5.91 Å². The van der Waals surface area contributed by atoms with E-state index in [9.17, 15) is 4.79 Å². The van der Waals surface area contributed by atoms with Crippen molar-refractivity contribution in [3.05, 3.63) is 59.4 Å². The number of fused-ring (bicyclic) bond motifs is 2. The van der Waals surface area contributed by atoms with E-state index >= 15 is 0 Å². The van der Waals surface area contributed by atoms with E-state index in [0.29, 0.717) is 25.4 Å². The first-order chi connectivity index (χ1) is 14.5. The van der Waals surface area contributed by atoms with E-state index in [1.165, 1.54) is 5.56 Å². The van der Waals surface area contributed by atoms with Crippen LogP contribution in [0.25, 0.3) is 11.0 Å². The average Bonchev–Trinajstić information content (AvgIpc) is 3.21. The highest BCUT2D eigenvalue weighted by Crippen LogP contribution is 2.33. The SMILES string of the molecule is COc1cc2c(cc1OC)CN(C(=O)CN(C)[C@H](C)c1cc3ccccc3o1)CC2. The van der Waals surface area contributed by atoms with Crippen molar-refractivity contribution in [3.63, 3.8) is 0 Å².